The summed E-state index contributed by atoms with van der Waals surface area (Å²) in [6, 6.07) is 15.6. The molecule has 0 unspecified atom stereocenters. The second kappa shape index (κ2) is 12.1. The van der Waals surface area contributed by atoms with Crippen LogP contribution >= 0.6 is 11.6 Å². The number of nitrogens with zero attached hydrogens (tertiary/aromatic N) is 7. The molecule has 220 valence electrons. The van der Waals surface area contributed by atoms with E-state index in [2.05, 4.69) is 23.4 Å². The molecule has 2 aliphatic heterocycles. The molecule has 2 aliphatic rings. The number of rotatable bonds is 7. The van der Waals surface area contributed by atoms with Crippen molar-refractivity contribution < 1.29 is 13.9 Å². The predicted octanol–water partition coefficient (Wildman–Crippen LogP) is 5.39. The van der Waals surface area contributed by atoms with E-state index in [9.17, 15) is 9.18 Å². The molecule has 0 spiro atoms. The van der Waals surface area contributed by atoms with Crippen molar-refractivity contribution in [2.24, 2.45) is 0 Å². The van der Waals surface area contributed by atoms with Crippen molar-refractivity contribution in [3.05, 3.63) is 77.4 Å². The van der Waals surface area contributed by atoms with Gasteiger partial charge in [-0.25, -0.2) is 15.9 Å². The normalized spacial score (nSPS) is 19.1. The van der Waals surface area contributed by atoms with E-state index in [1.165, 1.54) is 4.90 Å². The van der Waals surface area contributed by atoms with Gasteiger partial charge in [-0.05, 0) is 50.0 Å². The lowest BCUT2D eigenvalue weighted by atomic mass is 10.0. The van der Waals surface area contributed by atoms with E-state index in [0.717, 1.165) is 35.7 Å². The number of carbonyl (C=O) groups is 1. The van der Waals surface area contributed by atoms with Gasteiger partial charge in [0.25, 0.3) is 5.91 Å². The molecule has 9 nitrogen and oxygen atoms in total. The topological polar surface area (TPSA) is 79.1 Å². The van der Waals surface area contributed by atoms with Crippen LogP contribution in [-0.2, 0) is 4.79 Å². The Morgan fingerprint density at radius 3 is 2.67 bits per heavy atom. The smallest absolute Gasteiger partial charge is 0.320 e. The van der Waals surface area contributed by atoms with E-state index in [0.29, 0.717) is 47.3 Å². The van der Waals surface area contributed by atoms with Crippen LogP contribution in [0, 0.1) is 6.57 Å². The zero-order chi connectivity index (χ0) is 30.1. The third-order valence-electron chi connectivity index (χ3n) is 8.30. The van der Waals surface area contributed by atoms with E-state index in [1.54, 1.807) is 0 Å². The standard InChI is InChI=1S/C32H31ClFN7O2/c1-20(34)31(42)41-16-15-40(18-23(41)17-35-2)30-25-12-13-27(24-10-4-7-21-8-5-11-26(33)28(21)24)36-29(25)37-32(38-30)43-19-22-9-6-14-39(22)3/h4-5,7-8,10-13,22-23H,1,6,9,14-19H2,3H3/t22-,23-/m0/s1. The average molecular weight is 600 g/mol. The fraction of sp³-hybridized carbons (Fsp3) is 0.344. The van der Waals surface area contributed by atoms with Crippen molar-refractivity contribution in [3.63, 3.8) is 0 Å². The first-order valence-electron chi connectivity index (χ1n) is 14.3. The van der Waals surface area contributed by atoms with Gasteiger partial charge in [-0.2, -0.15) is 9.97 Å². The van der Waals surface area contributed by atoms with Gasteiger partial charge >= 0.3 is 6.01 Å². The highest BCUT2D eigenvalue weighted by Crippen LogP contribution is 2.35. The van der Waals surface area contributed by atoms with Gasteiger partial charge < -0.3 is 24.3 Å². The van der Waals surface area contributed by atoms with Crippen molar-refractivity contribution in [2.45, 2.75) is 24.9 Å². The number of amides is 1. The van der Waals surface area contributed by atoms with Gasteiger partial charge in [-0.1, -0.05) is 48.5 Å². The van der Waals surface area contributed by atoms with Crippen LogP contribution in [0.4, 0.5) is 10.2 Å². The Kier molecular flexibility index (Phi) is 8.10. The monoisotopic (exact) mass is 599 g/mol. The molecule has 4 heterocycles. The third-order valence-corrected chi connectivity index (χ3v) is 8.62. The van der Waals surface area contributed by atoms with Crippen molar-refractivity contribution in [2.75, 3.05) is 51.3 Å². The number of fused-ring (bicyclic) bond motifs is 2. The molecule has 0 radical (unpaired) electrons. The zero-order valence-electron chi connectivity index (χ0n) is 23.8. The van der Waals surface area contributed by atoms with E-state index < -0.39 is 17.8 Å². The minimum absolute atomic E-state index is 0.0279. The molecule has 43 heavy (non-hydrogen) atoms. The SMILES string of the molecule is [C-]#[N+]C[C@H]1CN(c2nc(OC[C@@H]3CCCN3C)nc3nc(-c4cccc5cccc(Cl)c45)ccc23)CCN1C(=O)C(=C)F. The van der Waals surface area contributed by atoms with Gasteiger partial charge in [0.2, 0.25) is 6.54 Å². The highest BCUT2D eigenvalue weighted by Gasteiger charge is 2.35. The maximum atomic E-state index is 13.8. The number of anilines is 1. The average Bonchev–Trinajstić information content (AvgIpc) is 3.43. The van der Waals surface area contributed by atoms with Crippen molar-refractivity contribution in [1.29, 1.82) is 0 Å². The summed E-state index contributed by atoms with van der Waals surface area (Å²) >= 11 is 6.63. The number of carbonyl (C=O) groups excluding carboxylic acids is 1. The van der Waals surface area contributed by atoms with Crippen LogP contribution in [0.3, 0.4) is 0 Å². The van der Waals surface area contributed by atoms with Gasteiger partial charge in [0.15, 0.2) is 11.5 Å². The van der Waals surface area contributed by atoms with E-state index in [1.807, 2.05) is 53.4 Å². The van der Waals surface area contributed by atoms with Gasteiger partial charge in [0.05, 0.1) is 11.1 Å². The minimum atomic E-state index is -1.03. The van der Waals surface area contributed by atoms with E-state index >= 15 is 0 Å². The summed E-state index contributed by atoms with van der Waals surface area (Å²) in [5, 5.41) is 3.26. The Morgan fingerprint density at radius 1 is 1.12 bits per heavy atom. The van der Waals surface area contributed by atoms with Crippen LogP contribution in [0.2, 0.25) is 5.02 Å². The summed E-state index contributed by atoms with van der Waals surface area (Å²) in [5.41, 5.74) is 2.05. The van der Waals surface area contributed by atoms with Crippen LogP contribution in [0.25, 0.3) is 37.9 Å². The summed E-state index contributed by atoms with van der Waals surface area (Å²) in [7, 11) is 2.08. The number of hydrogen-bond acceptors (Lipinski definition) is 7. The molecule has 2 aromatic carbocycles. The number of likely N-dealkylation sites (N-methyl/N-ethyl adjacent to an activating group) is 1. The van der Waals surface area contributed by atoms with Gasteiger partial charge in [-0.3, -0.25) is 4.79 Å². The number of halogens is 2. The molecular formula is C32H31ClFN7O2. The largest absolute Gasteiger partial charge is 0.462 e. The second-order valence-electron chi connectivity index (χ2n) is 11.0. The molecule has 0 bridgehead atoms. The number of aromatic nitrogens is 3. The highest BCUT2D eigenvalue weighted by molar-refractivity contribution is 6.36. The Labute approximate surface area is 254 Å². The van der Waals surface area contributed by atoms with Crippen LogP contribution in [0.1, 0.15) is 12.8 Å². The Bertz CT molecular complexity index is 1750. The fourth-order valence-corrected chi connectivity index (χ4v) is 6.32. The van der Waals surface area contributed by atoms with E-state index in [-0.39, 0.29) is 25.1 Å². The van der Waals surface area contributed by atoms with Crippen molar-refractivity contribution in [1.82, 2.24) is 24.8 Å². The summed E-state index contributed by atoms with van der Waals surface area (Å²) in [5.74, 6) is -1.23. The second-order valence-corrected chi connectivity index (χ2v) is 11.4. The molecule has 2 atom stereocenters. The summed E-state index contributed by atoms with van der Waals surface area (Å²) in [4.78, 5) is 36.2. The molecule has 1 amide bonds. The molecule has 0 aliphatic carbocycles. The molecule has 6 rings (SSSR count). The maximum Gasteiger partial charge on any atom is 0.320 e. The molecular weight excluding hydrogens is 569 g/mol. The number of pyridine rings is 1. The number of ether oxygens (including phenoxy) is 1. The Hall–Kier alpha value is -4.33. The summed E-state index contributed by atoms with van der Waals surface area (Å²) in [6.07, 6.45) is 2.15. The molecule has 2 saturated heterocycles. The molecule has 2 aromatic heterocycles. The number of benzene rings is 2. The molecule has 11 heteroatoms. The maximum absolute atomic E-state index is 13.8. The quantitative estimate of drug-likeness (QED) is 0.208. The van der Waals surface area contributed by atoms with Crippen LogP contribution in [0.5, 0.6) is 6.01 Å². The lowest BCUT2D eigenvalue weighted by Gasteiger charge is -2.39. The molecule has 4 aromatic rings. The Balaban J connectivity index is 1.41. The summed E-state index contributed by atoms with van der Waals surface area (Å²) in [6.45, 7) is 13.0. The lowest BCUT2D eigenvalue weighted by Crippen LogP contribution is -2.56. The van der Waals surface area contributed by atoms with Crippen molar-refractivity contribution in [3.8, 4) is 17.3 Å². The lowest BCUT2D eigenvalue weighted by molar-refractivity contribution is -0.131. The first-order chi connectivity index (χ1) is 20.8. The number of piperazine rings is 1. The molecule has 2 fully saturated rings. The van der Waals surface area contributed by atoms with Crippen LogP contribution < -0.4 is 9.64 Å². The molecule has 0 saturated carbocycles. The number of hydrogen-bond donors (Lipinski definition) is 0. The third kappa shape index (κ3) is 5.70. The first kappa shape index (κ1) is 28.8. The van der Waals surface area contributed by atoms with Gasteiger partial charge in [0.1, 0.15) is 18.5 Å². The Morgan fingerprint density at radius 2 is 1.93 bits per heavy atom. The van der Waals surface area contributed by atoms with Crippen molar-refractivity contribution >= 4 is 45.1 Å². The van der Waals surface area contributed by atoms with Crippen LogP contribution in [0.15, 0.2) is 60.9 Å². The summed E-state index contributed by atoms with van der Waals surface area (Å²) < 4.78 is 20.0. The molecule has 0 N–H and O–H groups in total. The predicted molar refractivity (Wildman–Crippen MR) is 166 cm³/mol. The fourth-order valence-electron chi connectivity index (χ4n) is 6.03. The first-order valence-corrected chi connectivity index (χ1v) is 14.6. The minimum Gasteiger partial charge on any atom is -0.462 e. The van der Waals surface area contributed by atoms with E-state index in [4.69, 9.17) is 37.9 Å². The zero-order valence-corrected chi connectivity index (χ0v) is 24.6. The van der Waals surface area contributed by atoms with Gasteiger partial charge in [0, 0.05) is 41.6 Å². The van der Waals surface area contributed by atoms with Gasteiger partial charge in [-0.15, -0.1) is 0 Å². The van der Waals surface area contributed by atoms with Crippen LogP contribution in [-0.4, -0.2) is 89.1 Å². The highest BCUT2D eigenvalue weighted by atomic mass is 35.5. The number of likely N-dealkylation sites (tertiary alicyclic amines) is 1.